The molecule has 0 radical (unpaired) electrons. The zero-order valence-electron chi connectivity index (χ0n) is 8.06. The maximum absolute atomic E-state index is 11.6. The molecule has 0 aliphatic carbocycles. The fourth-order valence-corrected chi connectivity index (χ4v) is 2.05. The molecule has 0 fully saturated rings. The summed E-state index contributed by atoms with van der Waals surface area (Å²) in [6, 6.07) is 7.89. The van der Waals surface area contributed by atoms with E-state index in [1.54, 1.807) is 13.8 Å². The quantitative estimate of drug-likeness (QED) is 0.745. The van der Waals surface area contributed by atoms with Crippen LogP contribution in [-0.2, 0) is 9.84 Å². The van der Waals surface area contributed by atoms with Crippen molar-refractivity contribution in [1.82, 2.24) is 0 Å². The second kappa shape index (κ2) is 3.81. The summed E-state index contributed by atoms with van der Waals surface area (Å²) in [4.78, 5) is 0.270. The molecule has 74 valence electrons. The highest BCUT2D eigenvalue weighted by Crippen LogP contribution is 2.15. The summed E-state index contributed by atoms with van der Waals surface area (Å²) in [6.07, 6.45) is 0. The van der Waals surface area contributed by atoms with E-state index in [-0.39, 0.29) is 4.90 Å². The molecule has 1 aromatic carbocycles. The average Bonchev–Trinajstić information content (AvgIpc) is 2.17. The highest BCUT2D eigenvalue weighted by atomic mass is 32.2. The third kappa shape index (κ3) is 1.94. The molecule has 0 unspecified atom stereocenters. The maximum Gasteiger partial charge on any atom is 0.180 e. The van der Waals surface area contributed by atoms with Crippen LogP contribution >= 0.6 is 0 Å². The fraction of sp³-hybridized carbons (Fsp3) is 0.300. The molecule has 0 aliphatic rings. The van der Waals surface area contributed by atoms with E-state index in [1.165, 1.54) is 24.3 Å². The normalized spacial score (nSPS) is 11.3. The summed E-state index contributed by atoms with van der Waals surface area (Å²) in [6.45, 7) is 3.26. The van der Waals surface area contributed by atoms with Crippen LogP contribution in [0.3, 0.4) is 0 Å². The van der Waals surface area contributed by atoms with E-state index in [0.29, 0.717) is 5.56 Å². The van der Waals surface area contributed by atoms with Crippen LogP contribution < -0.4 is 0 Å². The van der Waals surface area contributed by atoms with E-state index < -0.39 is 15.1 Å². The predicted molar refractivity (Wildman–Crippen MR) is 53.5 cm³/mol. The lowest BCUT2D eigenvalue weighted by atomic mass is 10.2. The van der Waals surface area contributed by atoms with E-state index in [1.807, 2.05) is 6.07 Å². The van der Waals surface area contributed by atoms with Crippen molar-refractivity contribution in [2.75, 3.05) is 0 Å². The number of rotatable bonds is 2. The summed E-state index contributed by atoms with van der Waals surface area (Å²) in [5, 5.41) is 8.11. The zero-order chi connectivity index (χ0) is 10.8. The molecule has 0 aliphatic heterocycles. The van der Waals surface area contributed by atoms with Crippen molar-refractivity contribution in [2.24, 2.45) is 0 Å². The van der Waals surface area contributed by atoms with Crippen molar-refractivity contribution in [3.05, 3.63) is 29.8 Å². The van der Waals surface area contributed by atoms with Gasteiger partial charge < -0.3 is 0 Å². The first-order valence-electron chi connectivity index (χ1n) is 4.22. The minimum atomic E-state index is -3.21. The number of nitrogens with zero attached hydrogens (tertiary/aromatic N) is 1. The van der Waals surface area contributed by atoms with Crippen LogP contribution in [0.1, 0.15) is 19.4 Å². The van der Waals surface area contributed by atoms with Gasteiger partial charge in [-0.05, 0) is 38.1 Å². The minimum Gasteiger partial charge on any atom is -0.223 e. The molecule has 0 heterocycles. The molecule has 1 rings (SSSR count). The number of hydrogen-bond acceptors (Lipinski definition) is 3. The van der Waals surface area contributed by atoms with Crippen LogP contribution in [-0.4, -0.2) is 13.7 Å². The van der Waals surface area contributed by atoms with Gasteiger partial charge in [-0.3, -0.25) is 0 Å². The highest BCUT2D eigenvalue weighted by molar-refractivity contribution is 7.92. The van der Waals surface area contributed by atoms with Crippen molar-refractivity contribution >= 4 is 9.84 Å². The molecule has 0 atom stereocenters. The monoisotopic (exact) mass is 209 g/mol. The molecule has 1 aromatic rings. The fourth-order valence-electron chi connectivity index (χ4n) is 0.991. The Morgan fingerprint density at radius 3 is 2.07 bits per heavy atom. The van der Waals surface area contributed by atoms with Gasteiger partial charge in [0.1, 0.15) is 0 Å². The lowest BCUT2D eigenvalue weighted by Crippen LogP contribution is -2.13. The molecule has 0 saturated heterocycles. The third-order valence-corrected chi connectivity index (χ3v) is 4.10. The molecule has 0 N–H and O–H groups in total. The second-order valence-corrected chi connectivity index (χ2v) is 5.73. The maximum atomic E-state index is 11.6. The Morgan fingerprint density at radius 1 is 1.21 bits per heavy atom. The third-order valence-electron chi connectivity index (χ3n) is 1.93. The van der Waals surface area contributed by atoms with Crippen LogP contribution in [0.25, 0.3) is 0 Å². The van der Waals surface area contributed by atoms with E-state index in [9.17, 15) is 8.42 Å². The van der Waals surface area contributed by atoms with E-state index in [2.05, 4.69) is 0 Å². The number of benzene rings is 1. The Morgan fingerprint density at radius 2 is 1.71 bits per heavy atom. The van der Waals surface area contributed by atoms with Gasteiger partial charge in [0.25, 0.3) is 0 Å². The largest absolute Gasteiger partial charge is 0.223 e. The Hall–Kier alpha value is -1.34. The van der Waals surface area contributed by atoms with Gasteiger partial charge in [-0.1, -0.05) is 0 Å². The average molecular weight is 209 g/mol. The molecule has 3 nitrogen and oxygen atoms in total. The van der Waals surface area contributed by atoms with Crippen LogP contribution in [0.5, 0.6) is 0 Å². The van der Waals surface area contributed by atoms with Gasteiger partial charge in [0.05, 0.1) is 21.8 Å². The molecular weight excluding hydrogens is 198 g/mol. The van der Waals surface area contributed by atoms with Gasteiger partial charge in [0, 0.05) is 0 Å². The summed E-state index contributed by atoms with van der Waals surface area (Å²) in [5.41, 5.74) is 0.465. The Kier molecular flexibility index (Phi) is 2.92. The van der Waals surface area contributed by atoms with Crippen molar-refractivity contribution in [2.45, 2.75) is 24.0 Å². The van der Waals surface area contributed by atoms with Gasteiger partial charge >= 0.3 is 0 Å². The van der Waals surface area contributed by atoms with Crippen molar-refractivity contribution in [3.63, 3.8) is 0 Å². The molecule has 0 spiro atoms. The van der Waals surface area contributed by atoms with E-state index in [4.69, 9.17) is 5.26 Å². The number of sulfone groups is 1. The SMILES string of the molecule is CC(C)S(=O)(=O)c1ccc(C#N)cc1. The lowest BCUT2D eigenvalue weighted by Gasteiger charge is -2.06. The first-order chi connectivity index (χ1) is 6.48. The minimum absolute atomic E-state index is 0.270. The van der Waals surface area contributed by atoms with Crippen LogP contribution in [0.15, 0.2) is 29.2 Å². The summed E-state index contributed by atoms with van der Waals surface area (Å²) in [7, 11) is -3.21. The molecular formula is C10H11NO2S. The van der Waals surface area contributed by atoms with Gasteiger partial charge in [0.2, 0.25) is 0 Å². The molecule has 0 bridgehead atoms. The first kappa shape index (κ1) is 10.7. The Bertz CT molecular complexity index is 452. The van der Waals surface area contributed by atoms with Crippen LogP contribution in [0.2, 0.25) is 0 Å². The Balaban J connectivity index is 3.18. The van der Waals surface area contributed by atoms with Gasteiger partial charge in [-0.15, -0.1) is 0 Å². The lowest BCUT2D eigenvalue weighted by molar-refractivity contribution is 0.587. The van der Waals surface area contributed by atoms with E-state index >= 15 is 0 Å². The predicted octanol–water partition coefficient (Wildman–Crippen LogP) is 1.74. The Labute approximate surface area is 83.9 Å². The molecule has 4 heteroatoms. The standard InChI is InChI=1S/C10H11NO2S/c1-8(2)14(12,13)10-5-3-9(7-11)4-6-10/h3-6,8H,1-2H3. The molecule has 0 saturated carbocycles. The van der Waals surface area contributed by atoms with Crippen molar-refractivity contribution < 1.29 is 8.42 Å². The molecule has 0 amide bonds. The van der Waals surface area contributed by atoms with Crippen LogP contribution in [0.4, 0.5) is 0 Å². The smallest absolute Gasteiger partial charge is 0.180 e. The summed E-state index contributed by atoms with van der Waals surface area (Å²) < 4.78 is 23.3. The van der Waals surface area contributed by atoms with Gasteiger partial charge in [0.15, 0.2) is 9.84 Å². The van der Waals surface area contributed by atoms with Crippen molar-refractivity contribution in [3.8, 4) is 6.07 Å². The topological polar surface area (TPSA) is 57.9 Å². The zero-order valence-corrected chi connectivity index (χ0v) is 8.88. The molecule has 14 heavy (non-hydrogen) atoms. The van der Waals surface area contributed by atoms with E-state index in [0.717, 1.165) is 0 Å². The highest BCUT2D eigenvalue weighted by Gasteiger charge is 2.18. The van der Waals surface area contributed by atoms with Crippen LogP contribution in [0, 0.1) is 11.3 Å². The van der Waals surface area contributed by atoms with Crippen molar-refractivity contribution in [1.29, 1.82) is 5.26 Å². The molecule has 0 aromatic heterocycles. The van der Waals surface area contributed by atoms with Gasteiger partial charge in [-0.2, -0.15) is 5.26 Å². The number of nitriles is 1. The van der Waals surface area contributed by atoms with Gasteiger partial charge in [-0.25, -0.2) is 8.42 Å². The number of hydrogen-bond donors (Lipinski definition) is 0. The summed E-state index contributed by atoms with van der Waals surface area (Å²) in [5.74, 6) is 0. The summed E-state index contributed by atoms with van der Waals surface area (Å²) >= 11 is 0. The first-order valence-corrected chi connectivity index (χ1v) is 5.77. The second-order valence-electron chi connectivity index (χ2n) is 3.23.